The molecule has 0 spiro atoms. The molecule has 0 saturated heterocycles. The van der Waals surface area contributed by atoms with E-state index in [0.29, 0.717) is 12.3 Å². The highest BCUT2D eigenvalue weighted by atomic mass is 16.1. The Morgan fingerprint density at radius 3 is 2.61 bits per heavy atom. The van der Waals surface area contributed by atoms with E-state index in [4.69, 9.17) is 5.73 Å². The lowest BCUT2D eigenvalue weighted by molar-refractivity contribution is -0.117. The van der Waals surface area contributed by atoms with Gasteiger partial charge >= 0.3 is 0 Å². The van der Waals surface area contributed by atoms with Gasteiger partial charge in [0, 0.05) is 18.2 Å². The molecular weight excluding hydrogens is 224 g/mol. The molecule has 2 unspecified atom stereocenters. The summed E-state index contributed by atoms with van der Waals surface area (Å²) < 4.78 is 0. The van der Waals surface area contributed by atoms with Crippen LogP contribution >= 0.6 is 0 Å². The second-order valence-electron chi connectivity index (χ2n) is 5.33. The highest BCUT2D eigenvalue weighted by molar-refractivity contribution is 5.90. The zero-order valence-electron chi connectivity index (χ0n) is 11.0. The van der Waals surface area contributed by atoms with Crippen LogP contribution in [0.15, 0.2) is 24.3 Å². The molecule has 2 rings (SSSR count). The van der Waals surface area contributed by atoms with Crippen molar-refractivity contribution in [1.29, 1.82) is 0 Å². The number of nitrogens with one attached hydrogen (secondary N) is 1. The Morgan fingerprint density at radius 1 is 1.28 bits per heavy atom. The van der Waals surface area contributed by atoms with Gasteiger partial charge in [0.2, 0.25) is 5.91 Å². The van der Waals surface area contributed by atoms with E-state index in [2.05, 4.69) is 5.32 Å². The smallest absolute Gasteiger partial charge is 0.224 e. The minimum atomic E-state index is 0.0844. The lowest BCUT2D eigenvalue weighted by Crippen LogP contribution is -2.35. The number of nitrogens with two attached hydrogens (primary N) is 1. The zero-order valence-corrected chi connectivity index (χ0v) is 11.0. The summed E-state index contributed by atoms with van der Waals surface area (Å²) in [5, 5.41) is 2.94. The topological polar surface area (TPSA) is 55.1 Å². The molecule has 1 amide bonds. The molecule has 0 radical (unpaired) electrons. The number of anilines is 1. The highest BCUT2D eigenvalue weighted by Gasteiger charge is 2.24. The summed E-state index contributed by atoms with van der Waals surface area (Å²) in [6, 6.07) is 8.08. The first kappa shape index (κ1) is 13.1. The quantitative estimate of drug-likeness (QED) is 0.861. The van der Waals surface area contributed by atoms with Crippen LogP contribution in [0.2, 0.25) is 0 Å². The summed E-state index contributed by atoms with van der Waals surface area (Å²) in [7, 11) is 0. The minimum absolute atomic E-state index is 0.0844. The minimum Gasteiger partial charge on any atom is -0.327 e. The van der Waals surface area contributed by atoms with E-state index in [1.807, 2.05) is 31.2 Å². The molecule has 18 heavy (non-hydrogen) atoms. The molecule has 1 aliphatic rings. The highest BCUT2D eigenvalue weighted by Crippen LogP contribution is 2.26. The van der Waals surface area contributed by atoms with Crippen molar-refractivity contribution in [1.82, 2.24) is 0 Å². The molecule has 1 aromatic carbocycles. The normalized spacial score (nSPS) is 23.7. The third-order valence-corrected chi connectivity index (χ3v) is 3.75. The van der Waals surface area contributed by atoms with Gasteiger partial charge in [-0.05, 0) is 37.8 Å². The first-order valence-electron chi connectivity index (χ1n) is 6.77. The van der Waals surface area contributed by atoms with Gasteiger partial charge in [-0.1, -0.05) is 30.5 Å². The van der Waals surface area contributed by atoms with E-state index in [1.165, 1.54) is 18.4 Å². The zero-order chi connectivity index (χ0) is 13.0. The maximum Gasteiger partial charge on any atom is 0.224 e. The Bertz CT molecular complexity index is 399. The standard InChI is InChI=1S/C15H22N2O/c1-11-6-8-13(9-7-11)17-15(18)10-12-4-2-3-5-14(12)16/h6-9,12,14H,2-5,10,16H2,1H3,(H,17,18). The number of aryl methyl sites for hydroxylation is 1. The van der Waals surface area contributed by atoms with Crippen molar-refractivity contribution in [3.8, 4) is 0 Å². The summed E-state index contributed by atoms with van der Waals surface area (Å²) in [5.74, 6) is 0.436. The molecule has 1 aromatic rings. The van der Waals surface area contributed by atoms with Crippen molar-refractivity contribution in [2.75, 3.05) is 5.32 Å². The summed E-state index contributed by atoms with van der Waals surface area (Å²) in [4.78, 5) is 11.9. The van der Waals surface area contributed by atoms with Gasteiger partial charge in [-0.2, -0.15) is 0 Å². The molecule has 0 bridgehead atoms. The Morgan fingerprint density at radius 2 is 1.94 bits per heavy atom. The summed E-state index contributed by atoms with van der Waals surface area (Å²) in [5.41, 5.74) is 8.13. The van der Waals surface area contributed by atoms with Crippen LogP contribution in [0.4, 0.5) is 5.69 Å². The summed E-state index contributed by atoms with van der Waals surface area (Å²) in [6.45, 7) is 2.03. The fraction of sp³-hybridized carbons (Fsp3) is 0.533. The van der Waals surface area contributed by atoms with Gasteiger partial charge in [-0.25, -0.2) is 0 Å². The van der Waals surface area contributed by atoms with Crippen molar-refractivity contribution in [3.05, 3.63) is 29.8 Å². The second-order valence-corrected chi connectivity index (χ2v) is 5.33. The molecular formula is C15H22N2O. The van der Waals surface area contributed by atoms with Crippen LogP contribution in [0.25, 0.3) is 0 Å². The van der Waals surface area contributed by atoms with Gasteiger partial charge in [-0.15, -0.1) is 0 Å². The van der Waals surface area contributed by atoms with Crippen molar-refractivity contribution in [2.45, 2.75) is 45.1 Å². The molecule has 3 heteroatoms. The van der Waals surface area contributed by atoms with Gasteiger partial charge < -0.3 is 11.1 Å². The van der Waals surface area contributed by atoms with Gasteiger partial charge in [-0.3, -0.25) is 4.79 Å². The lowest BCUT2D eigenvalue weighted by Gasteiger charge is -2.27. The van der Waals surface area contributed by atoms with Crippen molar-refractivity contribution < 1.29 is 4.79 Å². The number of carbonyl (C=O) groups excluding carboxylic acids is 1. The SMILES string of the molecule is Cc1ccc(NC(=O)CC2CCCCC2N)cc1. The Hall–Kier alpha value is -1.35. The molecule has 1 fully saturated rings. The fourth-order valence-corrected chi connectivity index (χ4v) is 2.58. The van der Waals surface area contributed by atoms with Crippen LogP contribution in [0.5, 0.6) is 0 Å². The van der Waals surface area contributed by atoms with Gasteiger partial charge in [0.05, 0.1) is 0 Å². The maximum atomic E-state index is 11.9. The van der Waals surface area contributed by atoms with Crippen LogP contribution in [-0.2, 0) is 4.79 Å². The molecule has 1 saturated carbocycles. The Labute approximate surface area is 109 Å². The third-order valence-electron chi connectivity index (χ3n) is 3.75. The lowest BCUT2D eigenvalue weighted by atomic mass is 9.83. The molecule has 1 aliphatic carbocycles. The van der Waals surface area contributed by atoms with Crippen LogP contribution in [0.3, 0.4) is 0 Å². The van der Waals surface area contributed by atoms with E-state index in [0.717, 1.165) is 18.5 Å². The number of hydrogen-bond acceptors (Lipinski definition) is 2. The third kappa shape index (κ3) is 3.57. The number of amides is 1. The van der Waals surface area contributed by atoms with Gasteiger partial charge in [0.15, 0.2) is 0 Å². The number of carbonyl (C=O) groups is 1. The molecule has 3 nitrogen and oxygen atoms in total. The van der Waals surface area contributed by atoms with Gasteiger partial charge in [0.25, 0.3) is 0 Å². The van der Waals surface area contributed by atoms with Gasteiger partial charge in [0.1, 0.15) is 0 Å². The number of hydrogen-bond donors (Lipinski definition) is 2. The predicted octanol–water partition coefficient (Wildman–Crippen LogP) is 2.84. The molecule has 2 atom stereocenters. The molecule has 3 N–H and O–H groups in total. The number of benzene rings is 1. The predicted molar refractivity (Wildman–Crippen MR) is 74.4 cm³/mol. The van der Waals surface area contributed by atoms with Crippen molar-refractivity contribution >= 4 is 11.6 Å². The van der Waals surface area contributed by atoms with E-state index in [1.54, 1.807) is 0 Å². The van der Waals surface area contributed by atoms with E-state index in [-0.39, 0.29) is 11.9 Å². The second kappa shape index (κ2) is 6.01. The summed E-state index contributed by atoms with van der Waals surface area (Å²) >= 11 is 0. The average molecular weight is 246 g/mol. The first-order chi connectivity index (χ1) is 8.65. The van der Waals surface area contributed by atoms with Crippen LogP contribution < -0.4 is 11.1 Å². The largest absolute Gasteiger partial charge is 0.327 e. The molecule has 0 aliphatic heterocycles. The van der Waals surface area contributed by atoms with Crippen molar-refractivity contribution in [3.63, 3.8) is 0 Å². The molecule has 98 valence electrons. The van der Waals surface area contributed by atoms with E-state index < -0.39 is 0 Å². The van der Waals surface area contributed by atoms with Crippen molar-refractivity contribution in [2.24, 2.45) is 11.7 Å². The van der Waals surface area contributed by atoms with Crippen LogP contribution in [-0.4, -0.2) is 11.9 Å². The van der Waals surface area contributed by atoms with Crippen LogP contribution in [0, 0.1) is 12.8 Å². The number of rotatable bonds is 3. The van der Waals surface area contributed by atoms with E-state index in [9.17, 15) is 4.79 Å². The average Bonchev–Trinajstić information content (AvgIpc) is 2.35. The van der Waals surface area contributed by atoms with E-state index >= 15 is 0 Å². The summed E-state index contributed by atoms with van der Waals surface area (Å²) in [6.07, 6.45) is 5.10. The first-order valence-corrected chi connectivity index (χ1v) is 6.77. The Balaban J connectivity index is 1.86. The fourth-order valence-electron chi connectivity index (χ4n) is 2.58. The maximum absolute atomic E-state index is 11.9. The van der Waals surface area contributed by atoms with Crippen LogP contribution in [0.1, 0.15) is 37.7 Å². The Kier molecular flexibility index (Phi) is 4.37. The molecule has 0 heterocycles. The monoisotopic (exact) mass is 246 g/mol. The molecule has 0 aromatic heterocycles.